The number of benzene rings is 1. The zero-order valence-electron chi connectivity index (χ0n) is 13.3. The molecule has 0 radical (unpaired) electrons. The summed E-state index contributed by atoms with van der Waals surface area (Å²) in [7, 11) is 0. The van der Waals surface area contributed by atoms with Crippen LogP contribution in [-0.4, -0.2) is 44.9 Å². The summed E-state index contributed by atoms with van der Waals surface area (Å²) in [6, 6.07) is 5.44. The quantitative estimate of drug-likeness (QED) is 0.841. The average Bonchev–Trinajstić information content (AvgIpc) is 2.61. The normalized spacial score (nSPS) is 19.2. The Bertz CT molecular complexity index is 543. The van der Waals surface area contributed by atoms with Gasteiger partial charge in [-0.3, -0.25) is 4.79 Å². The van der Waals surface area contributed by atoms with Crippen LogP contribution in [0.2, 0.25) is 0 Å². The number of rotatable bonds is 5. The Kier molecular flexibility index (Phi) is 5.35. The van der Waals surface area contributed by atoms with Crippen LogP contribution < -0.4 is 20.5 Å². The summed E-state index contributed by atoms with van der Waals surface area (Å²) in [4.78, 5) is 12.1. The van der Waals surface area contributed by atoms with Crippen LogP contribution in [-0.2, 0) is 16.0 Å². The maximum atomic E-state index is 12.1. The van der Waals surface area contributed by atoms with Gasteiger partial charge in [0.1, 0.15) is 13.2 Å². The van der Waals surface area contributed by atoms with Gasteiger partial charge < -0.3 is 25.3 Å². The van der Waals surface area contributed by atoms with Gasteiger partial charge in [-0.2, -0.15) is 0 Å². The molecular weight excluding hydrogens is 296 g/mol. The van der Waals surface area contributed by atoms with Crippen molar-refractivity contribution in [2.24, 2.45) is 11.7 Å². The molecule has 0 aliphatic carbocycles. The van der Waals surface area contributed by atoms with Crippen molar-refractivity contribution < 1.29 is 19.0 Å². The van der Waals surface area contributed by atoms with Crippen molar-refractivity contribution in [1.29, 1.82) is 0 Å². The Labute approximate surface area is 136 Å². The number of ether oxygens (including phenoxy) is 3. The fraction of sp³-hybridized carbons (Fsp3) is 0.588. The van der Waals surface area contributed by atoms with E-state index in [1.165, 1.54) is 0 Å². The molecule has 0 spiro atoms. The van der Waals surface area contributed by atoms with E-state index >= 15 is 0 Å². The third kappa shape index (κ3) is 4.14. The number of nitrogens with one attached hydrogen (secondary N) is 1. The lowest BCUT2D eigenvalue weighted by atomic mass is 9.92. The van der Waals surface area contributed by atoms with Gasteiger partial charge in [-0.1, -0.05) is 6.07 Å². The van der Waals surface area contributed by atoms with Gasteiger partial charge in [0, 0.05) is 19.8 Å². The molecule has 1 aromatic rings. The van der Waals surface area contributed by atoms with Crippen molar-refractivity contribution in [3.63, 3.8) is 0 Å². The largest absolute Gasteiger partial charge is 0.486 e. The number of amides is 1. The third-order valence-electron chi connectivity index (χ3n) is 4.40. The zero-order valence-corrected chi connectivity index (χ0v) is 13.3. The van der Waals surface area contributed by atoms with Crippen LogP contribution >= 0.6 is 0 Å². The summed E-state index contributed by atoms with van der Waals surface area (Å²) in [5.41, 5.74) is 7.16. The van der Waals surface area contributed by atoms with E-state index in [0.29, 0.717) is 33.0 Å². The topological polar surface area (TPSA) is 82.8 Å². The molecule has 23 heavy (non-hydrogen) atoms. The summed E-state index contributed by atoms with van der Waals surface area (Å²) < 4.78 is 16.4. The summed E-state index contributed by atoms with van der Waals surface area (Å²) in [5.74, 6) is 1.71. The van der Waals surface area contributed by atoms with E-state index in [9.17, 15) is 4.79 Å². The Morgan fingerprint density at radius 2 is 1.91 bits per heavy atom. The molecule has 0 saturated carbocycles. The molecule has 1 aromatic carbocycles. The van der Waals surface area contributed by atoms with Crippen molar-refractivity contribution in [2.45, 2.75) is 25.3 Å². The lowest BCUT2D eigenvalue weighted by molar-refractivity contribution is -0.124. The van der Waals surface area contributed by atoms with Crippen LogP contribution in [0.1, 0.15) is 18.4 Å². The van der Waals surface area contributed by atoms with E-state index < -0.39 is 6.04 Å². The first-order valence-electron chi connectivity index (χ1n) is 8.23. The maximum absolute atomic E-state index is 12.1. The molecule has 1 saturated heterocycles. The number of nitrogens with two attached hydrogens (primary N) is 1. The van der Waals surface area contributed by atoms with E-state index in [2.05, 4.69) is 5.32 Å². The zero-order chi connectivity index (χ0) is 16.1. The van der Waals surface area contributed by atoms with Gasteiger partial charge in [0.05, 0.1) is 6.04 Å². The first kappa shape index (κ1) is 16.1. The average molecular weight is 320 g/mol. The predicted molar refractivity (Wildman–Crippen MR) is 85.7 cm³/mol. The van der Waals surface area contributed by atoms with Gasteiger partial charge in [-0.05, 0) is 42.9 Å². The molecule has 2 heterocycles. The Balaban J connectivity index is 1.46. The van der Waals surface area contributed by atoms with Gasteiger partial charge in [-0.25, -0.2) is 0 Å². The summed E-state index contributed by atoms with van der Waals surface area (Å²) >= 11 is 0. The number of hydrogen-bond donors (Lipinski definition) is 2. The van der Waals surface area contributed by atoms with E-state index in [0.717, 1.165) is 36.3 Å². The van der Waals surface area contributed by atoms with Gasteiger partial charge in [0.2, 0.25) is 5.91 Å². The molecule has 3 rings (SSSR count). The minimum absolute atomic E-state index is 0.0746. The second kappa shape index (κ2) is 7.66. The lowest BCUT2D eigenvalue weighted by Crippen LogP contribution is -2.47. The second-order valence-electron chi connectivity index (χ2n) is 5.99. The Morgan fingerprint density at radius 3 is 2.70 bits per heavy atom. The molecule has 1 unspecified atom stereocenters. The molecule has 1 fully saturated rings. The Hall–Kier alpha value is -1.79. The van der Waals surface area contributed by atoms with E-state index in [-0.39, 0.29) is 11.8 Å². The van der Waals surface area contributed by atoms with Crippen LogP contribution in [0.25, 0.3) is 0 Å². The molecule has 1 amide bonds. The highest BCUT2D eigenvalue weighted by Gasteiger charge is 2.26. The van der Waals surface area contributed by atoms with Crippen LogP contribution in [0.3, 0.4) is 0 Å². The van der Waals surface area contributed by atoms with E-state index in [1.54, 1.807) is 0 Å². The van der Waals surface area contributed by atoms with Gasteiger partial charge in [-0.15, -0.1) is 0 Å². The first-order valence-corrected chi connectivity index (χ1v) is 8.23. The number of fused-ring (bicyclic) bond motifs is 1. The van der Waals surface area contributed by atoms with Crippen LogP contribution in [0, 0.1) is 5.92 Å². The number of carbonyl (C=O) groups is 1. The van der Waals surface area contributed by atoms with Crippen LogP contribution in [0.4, 0.5) is 0 Å². The van der Waals surface area contributed by atoms with Gasteiger partial charge in [0.15, 0.2) is 11.5 Å². The number of carbonyl (C=O) groups excluding carboxylic acids is 1. The predicted octanol–water partition coefficient (Wildman–Crippen LogP) is 0.870. The van der Waals surface area contributed by atoms with Gasteiger partial charge >= 0.3 is 0 Å². The molecule has 0 aromatic heterocycles. The van der Waals surface area contributed by atoms with Crippen molar-refractivity contribution in [1.82, 2.24) is 5.32 Å². The van der Waals surface area contributed by atoms with Crippen molar-refractivity contribution in [3.05, 3.63) is 23.8 Å². The van der Waals surface area contributed by atoms with Gasteiger partial charge in [0.25, 0.3) is 0 Å². The highest BCUT2D eigenvalue weighted by Crippen LogP contribution is 2.30. The lowest BCUT2D eigenvalue weighted by Gasteiger charge is -2.26. The monoisotopic (exact) mass is 320 g/mol. The van der Waals surface area contributed by atoms with Crippen molar-refractivity contribution >= 4 is 5.91 Å². The molecular formula is C17H24N2O4. The SMILES string of the molecule is NC(C(=O)NCCc1ccc2c(c1)OCCO2)C1CCOCC1. The molecule has 1 atom stereocenters. The van der Waals surface area contributed by atoms with Crippen molar-refractivity contribution in [3.8, 4) is 11.5 Å². The maximum Gasteiger partial charge on any atom is 0.237 e. The minimum atomic E-state index is -0.445. The fourth-order valence-electron chi connectivity index (χ4n) is 2.98. The number of hydrogen-bond acceptors (Lipinski definition) is 5. The highest BCUT2D eigenvalue weighted by molar-refractivity contribution is 5.81. The molecule has 3 N–H and O–H groups in total. The summed E-state index contributed by atoms with van der Waals surface area (Å²) in [5, 5.41) is 2.93. The minimum Gasteiger partial charge on any atom is -0.486 e. The van der Waals surface area contributed by atoms with E-state index in [1.807, 2.05) is 18.2 Å². The fourth-order valence-corrected chi connectivity index (χ4v) is 2.98. The smallest absolute Gasteiger partial charge is 0.237 e. The van der Waals surface area contributed by atoms with Crippen molar-refractivity contribution in [2.75, 3.05) is 33.0 Å². The molecule has 0 bridgehead atoms. The molecule has 2 aliphatic rings. The van der Waals surface area contributed by atoms with E-state index in [4.69, 9.17) is 19.9 Å². The summed E-state index contributed by atoms with van der Waals surface area (Å²) in [6.45, 7) is 3.13. The van der Waals surface area contributed by atoms with Crippen LogP contribution in [0.15, 0.2) is 18.2 Å². The summed E-state index contributed by atoms with van der Waals surface area (Å²) in [6.07, 6.45) is 2.45. The molecule has 6 heteroatoms. The van der Waals surface area contributed by atoms with Crippen LogP contribution in [0.5, 0.6) is 11.5 Å². The molecule has 6 nitrogen and oxygen atoms in total. The second-order valence-corrected chi connectivity index (χ2v) is 5.99. The Morgan fingerprint density at radius 1 is 1.17 bits per heavy atom. The third-order valence-corrected chi connectivity index (χ3v) is 4.40. The first-order chi connectivity index (χ1) is 11.2. The standard InChI is InChI=1S/C17H24N2O4/c18-16(13-4-7-21-8-5-13)17(20)19-6-3-12-1-2-14-15(11-12)23-10-9-22-14/h1-2,11,13,16H,3-10,18H2,(H,19,20). The molecule has 2 aliphatic heterocycles. The molecule has 126 valence electrons. The highest BCUT2D eigenvalue weighted by atomic mass is 16.6.